The van der Waals surface area contributed by atoms with Crippen LogP contribution >= 0.6 is 0 Å². The Morgan fingerprint density at radius 3 is 2.14 bits per heavy atom. The number of benzene rings is 2. The van der Waals surface area contributed by atoms with Gasteiger partial charge in [0.1, 0.15) is 0 Å². The quantitative estimate of drug-likeness (QED) is 0.391. The van der Waals surface area contributed by atoms with E-state index in [1.807, 2.05) is 6.07 Å². The molecule has 0 amide bonds. The van der Waals surface area contributed by atoms with Crippen LogP contribution in [0, 0.1) is 5.92 Å². The molecule has 2 aliphatic rings. The number of methoxy groups -OCH3 is 4. The molecule has 10 nitrogen and oxygen atoms in total. The maximum Gasteiger partial charge on any atom is 0.201 e. The SMILES string of the molecule is COc1cc([C@@H]2c3c(cc(OC)c(O)c3OC)CC[C@H]2CO[C@H]2C[C@@H](O)C[C@@H](CO)O2)cc(OC)c1O. The fraction of sp³-hybridized carbons (Fsp3) is 0.556. The Bertz CT molecular complexity index is 1060. The summed E-state index contributed by atoms with van der Waals surface area (Å²) in [7, 11) is 5.92. The molecule has 1 aliphatic carbocycles. The second kappa shape index (κ2) is 11.6. The van der Waals surface area contributed by atoms with Crippen LogP contribution in [-0.2, 0) is 15.9 Å². The lowest BCUT2D eigenvalue weighted by atomic mass is 9.71. The summed E-state index contributed by atoms with van der Waals surface area (Å²) in [5.41, 5.74) is 2.53. The highest BCUT2D eigenvalue weighted by molar-refractivity contribution is 5.63. The van der Waals surface area contributed by atoms with Crippen molar-refractivity contribution in [2.24, 2.45) is 5.92 Å². The molecule has 5 atom stereocenters. The van der Waals surface area contributed by atoms with Gasteiger partial charge in [-0.15, -0.1) is 0 Å². The number of aromatic hydroxyl groups is 2. The van der Waals surface area contributed by atoms with Gasteiger partial charge in [-0.1, -0.05) is 0 Å². The number of aryl methyl sites for hydroxylation is 1. The van der Waals surface area contributed by atoms with Crippen LogP contribution in [0.3, 0.4) is 0 Å². The summed E-state index contributed by atoms with van der Waals surface area (Å²) in [6, 6.07) is 5.31. The summed E-state index contributed by atoms with van der Waals surface area (Å²) in [5.74, 6) is 0.498. The van der Waals surface area contributed by atoms with Crippen molar-refractivity contribution >= 4 is 0 Å². The highest BCUT2D eigenvalue weighted by Crippen LogP contribution is 2.53. The molecule has 1 aliphatic heterocycles. The number of rotatable bonds is 9. The van der Waals surface area contributed by atoms with Crippen LogP contribution < -0.4 is 18.9 Å². The van der Waals surface area contributed by atoms with Gasteiger partial charge in [-0.25, -0.2) is 0 Å². The van der Waals surface area contributed by atoms with Gasteiger partial charge >= 0.3 is 0 Å². The monoisotopic (exact) mass is 520 g/mol. The minimum atomic E-state index is -0.655. The zero-order valence-corrected chi connectivity index (χ0v) is 21.6. The molecular formula is C27H36O10. The average molecular weight is 521 g/mol. The van der Waals surface area contributed by atoms with Crippen LogP contribution in [0.2, 0.25) is 0 Å². The van der Waals surface area contributed by atoms with Gasteiger partial charge in [-0.05, 0) is 48.1 Å². The van der Waals surface area contributed by atoms with E-state index in [1.165, 1.54) is 28.4 Å². The van der Waals surface area contributed by atoms with E-state index < -0.39 is 18.5 Å². The molecule has 2 aromatic carbocycles. The van der Waals surface area contributed by atoms with E-state index in [9.17, 15) is 20.4 Å². The second-order valence-electron chi connectivity index (χ2n) is 9.41. The van der Waals surface area contributed by atoms with E-state index in [0.717, 1.165) is 23.1 Å². The maximum absolute atomic E-state index is 10.9. The molecule has 37 heavy (non-hydrogen) atoms. The standard InChI is InChI=1S/C27H36O10/c1-32-19-8-16(9-20(33-2)25(19)30)23-15(13-36-22-11-17(29)10-18(12-28)37-22)6-5-14-7-21(34-3)26(31)27(35-4)24(14)23/h7-9,15,17-18,22-23,28-31H,5-6,10-13H2,1-4H3/t15-,17-,18-,22+,23+/m0/s1. The average Bonchev–Trinajstić information content (AvgIpc) is 2.91. The Morgan fingerprint density at radius 1 is 0.892 bits per heavy atom. The van der Waals surface area contributed by atoms with Crippen molar-refractivity contribution < 1.29 is 48.8 Å². The molecule has 4 rings (SSSR count). The molecule has 0 spiro atoms. The lowest BCUT2D eigenvalue weighted by Gasteiger charge is -2.38. The maximum atomic E-state index is 10.9. The number of ether oxygens (including phenoxy) is 6. The van der Waals surface area contributed by atoms with Gasteiger partial charge in [0.15, 0.2) is 29.3 Å². The minimum absolute atomic E-state index is 0.0941. The predicted octanol–water partition coefficient (Wildman–Crippen LogP) is 2.70. The van der Waals surface area contributed by atoms with Crippen molar-refractivity contribution in [1.82, 2.24) is 0 Å². The first kappa shape index (κ1) is 27.1. The summed E-state index contributed by atoms with van der Waals surface area (Å²) >= 11 is 0. The van der Waals surface area contributed by atoms with E-state index >= 15 is 0 Å². The van der Waals surface area contributed by atoms with Crippen molar-refractivity contribution in [3.05, 3.63) is 34.9 Å². The third-order valence-electron chi connectivity index (χ3n) is 7.24. The Hall–Kier alpha value is -2.92. The third kappa shape index (κ3) is 5.38. The van der Waals surface area contributed by atoms with Crippen molar-refractivity contribution in [2.75, 3.05) is 41.7 Å². The molecule has 1 heterocycles. The van der Waals surface area contributed by atoms with Crippen LogP contribution in [0.25, 0.3) is 0 Å². The number of phenols is 2. The first-order valence-electron chi connectivity index (χ1n) is 12.3. The van der Waals surface area contributed by atoms with Gasteiger partial charge < -0.3 is 48.8 Å². The van der Waals surface area contributed by atoms with Gasteiger partial charge in [0.05, 0.1) is 53.9 Å². The molecular weight excluding hydrogens is 484 g/mol. The number of fused-ring (bicyclic) bond motifs is 1. The molecule has 10 heteroatoms. The second-order valence-corrected chi connectivity index (χ2v) is 9.41. The first-order chi connectivity index (χ1) is 17.8. The molecule has 0 saturated carbocycles. The molecule has 1 saturated heterocycles. The predicted molar refractivity (Wildman–Crippen MR) is 133 cm³/mol. The van der Waals surface area contributed by atoms with Crippen LogP contribution in [0.1, 0.15) is 41.9 Å². The zero-order valence-electron chi connectivity index (χ0n) is 21.6. The van der Waals surface area contributed by atoms with Gasteiger partial charge in [0.2, 0.25) is 11.5 Å². The van der Waals surface area contributed by atoms with Crippen LogP contribution in [0.4, 0.5) is 0 Å². The topological polar surface area (TPSA) is 136 Å². The van der Waals surface area contributed by atoms with Crippen molar-refractivity contribution in [2.45, 2.75) is 50.1 Å². The fourth-order valence-electron chi connectivity index (χ4n) is 5.46. The lowest BCUT2D eigenvalue weighted by molar-refractivity contribution is -0.226. The Kier molecular flexibility index (Phi) is 8.53. The molecule has 2 aromatic rings. The number of hydrogen-bond donors (Lipinski definition) is 4. The fourth-order valence-corrected chi connectivity index (χ4v) is 5.46. The summed E-state index contributed by atoms with van der Waals surface area (Å²) < 4.78 is 33.9. The molecule has 0 radical (unpaired) electrons. The van der Waals surface area contributed by atoms with Gasteiger partial charge in [0.25, 0.3) is 0 Å². The minimum Gasteiger partial charge on any atom is -0.502 e. The summed E-state index contributed by atoms with van der Waals surface area (Å²) in [6.07, 6.45) is 0.345. The molecule has 0 unspecified atom stereocenters. The van der Waals surface area contributed by atoms with Gasteiger partial charge in [-0.2, -0.15) is 0 Å². The molecule has 4 N–H and O–H groups in total. The number of hydrogen-bond acceptors (Lipinski definition) is 10. The lowest BCUT2D eigenvalue weighted by Crippen LogP contribution is -2.40. The zero-order chi connectivity index (χ0) is 26.7. The highest BCUT2D eigenvalue weighted by atomic mass is 16.7. The summed E-state index contributed by atoms with van der Waals surface area (Å²) in [5, 5.41) is 41.1. The molecule has 0 aromatic heterocycles. The summed E-state index contributed by atoms with van der Waals surface area (Å²) in [4.78, 5) is 0. The van der Waals surface area contributed by atoms with Crippen molar-refractivity contribution in [3.63, 3.8) is 0 Å². The molecule has 0 bridgehead atoms. The Morgan fingerprint density at radius 2 is 1.54 bits per heavy atom. The normalized spacial score (nSPS) is 25.3. The van der Waals surface area contributed by atoms with E-state index in [1.54, 1.807) is 12.1 Å². The van der Waals surface area contributed by atoms with Crippen molar-refractivity contribution in [1.29, 1.82) is 0 Å². The number of phenolic OH excluding ortho intramolecular Hbond substituents is 2. The van der Waals surface area contributed by atoms with Gasteiger partial charge in [-0.3, -0.25) is 0 Å². The summed E-state index contributed by atoms with van der Waals surface area (Å²) in [6.45, 7) is 0.0862. The van der Waals surface area contributed by atoms with Crippen LogP contribution in [0.5, 0.6) is 34.5 Å². The van der Waals surface area contributed by atoms with Crippen molar-refractivity contribution in [3.8, 4) is 34.5 Å². The number of aliphatic hydroxyl groups excluding tert-OH is 2. The third-order valence-corrected chi connectivity index (χ3v) is 7.24. The van der Waals surface area contributed by atoms with Gasteiger partial charge in [0, 0.05) is 24.3 Å². The van der Waals surface area contributed by atoms with E-state index in [-0.39, 0.29) is 48.0 Å². The highest BCUT2D eigenvalue weighted by Gasteiger charge is 2.38. The van der Waals surface area contributed by atoms with E-state index in [0.29, 0.717) is 30.8 Å². The van der Waals surface area contributed by atoms with Crippen LogP contribution in [0.15, 0.2) is 18.2 Å². The Balaban J connectivity index is 1.77. The largest absolute Gasteiger partial charge is 0.502 e. The first-order valence-corrected chi connectivity index (χ1v) is 12.3. The van der Waals surface area contributed by atoms with E-state index in [2.05, 4.69) is 0 Å². The van der Waals surface area contributed by atoms with E-state index in [4.69, 9.17) is 28.4 Å². The Labute approximate surface area is 216 Å². The molecule has 204 valence electrons. The number of aliphatic hydroxyl groups is 2. The smallest absolute Gasteiger partial charge is 0.201 e. The van der Waals surface area contributed by atoms with Crippen LogP contribution in [-0.4, -0.2) is 80.6 Å². The molecule has 1 fully saturated rings.